The maximum absolute atomic E-state index is 11.7. The smallest absolute Gasteiger partial charge is 0.237 e. The molecular weight excluding hydrogens is 218 g/mol. The van der Waals surface area contributed by atoms with E-state index < -0.39 is 0 Å². The summed E-state index contributed by atoms with van der Waals surface area (Å²) in [7, 11) is 7.58. The average Bonchev–Trinajstić information content (AvgIpc) is 2.29. The van der Waals surface area contributed by atoms with Gasteiger partial charge in [0.25, 0.3) is 0 Å². The summed E-state index contributed by atoms with van der Waals surface area (Å²) in [5.41, 5.74) is 0. The maximum atomic E-state index is 11.7. The molecule has 0 aromatic heterocycles. The van der Waals surface area contributed by atoms with Gasteiger partial charge >= 0.3 is 0 Å². The van der Waals surface area contributed by atoms with E-state index >= 15 is 0 Å². The molecule has 0 saturated heterocycles. The molecule has 5 heteroatoms. The van der Waals surface area contributed by atoms with Crippen molar-refractivity contribution in [1.82, 2.24) is 15.5 Å². The van der Waals surface area contributed by atoms with E-state index in [0.29, 0.717) is 13.2 Å². The number of likely N-dealkylation sites (N-methyl/N-ethyl adjacent to an activating group) is 1. The average molecular weight is 245 g/mol. The van der Waals surface area contributed by atoms with Gasteiger partial charge in [-0.2, -0.15) is 0 Å². The number of hydrogen-bond acceptors (Lipinski definition) is 4. The fourth-order valence-corrected chi connectivity index (χ4v) is 1.58. The van der Waals surface area contributed by atoms with Gasteiger partial charge < -0.3 is 20.3 Å². The highest BCUT2D eigenvalue weighted by atomic mass is 16.5. The molecule has 0 spiro atoms. The van der Waals surface area contributed by atoms with Crippen LogP contribution in [0.25, 0.3) is 0 Å². The first-order valence-corrected chi connectivity index (χ1v) is 6.20. The molecule has 0 aromatic carbocycles. The first-order chi connectivity index (χ1) is 8.11. The number of nitrogens with one attached hydrogen (secondary N) is 2. The van der Waals surface area contributed by atoms with Crippen LogP contribution in [0.4, 0.5) is 0 Å². The Hall–Kier alpha value is -0.650. The van der Waals surface area contributed by atoms with E-state index in [9.17, 15) is 4.79 Å². The van der Waals surface area contributed by atoms with Gasteiger partial charge in [0.2, 0.25) is 5.91 Å². The van der Waals surface area contributed by atoms with E-state index in [4.69, 9.17) is 4.74 Å². The van der Waals surface area contributed by atoms with Crippen molar-refractivity contribution in [2.24, 2.45) is 0 Å². The molecule has 1 amide bonds. The normalized spacial score (nSPS) is 12.8. The van der Waals surface area contributed by atoms with Gasteiger partial charge in [0, 0.05) is 13.7 Å². The molecule has 1 atom stereocenters. The second-order valence-corrected chi connectivity index (χ2v) is 4.42. The second-order valence-electron chi connectivity index (χ2n) is 4.42. The Morgan fingerprint density at radius 3 is 2.59 bits per heavy atom. The summed E-state index contributed by atoms with van der Waals surface area (Å²) in [4.78, 5) is 13.9. The summed E-state index contributed by atoms with van der Waals surface area (Å²) < 4.78 is 4.89. The molecule has 1 unspecified atom stereocenters. The van der Waals surface area contributed by atoms with Gasteiger partial charge in [-0.25, -0.2) is 0 Å². The van der Waals surface area contributed by atoms with Crippen LogP contribution in [0.2, 0.25) is 0 Å². The molecule has 0 rings (SSSR count). The van der Waals surface area contributed by atoms with Crippen molar-refractivity contribution in [2.75, 3.05) is 47.9 Å². The van der Waals surface area contributed by atoms with Gasteiger partial charge in [0.05, 0.1) is 12.6 Å². The van der Waals surface area contributed by atoms with Crippen LogP contribution in [-0.4, -0.2) is 64.8 Å². The van der Waals surface area contributed by atoms with Gasteiger partial charge in [-0.3, -0.25) is 4.79 Å². The predicted octanol–water partition coefficient (Wildman–Crippen LogP) is 0.0689. The van der Waals surface area contributed by atoms with Crippen molar-refractivity contribution >= 4 is 5.91 Å². The molecule has 2 N–H and O–H groups in total. The number of carbonyl (C=O) groups is 1. The molecule has 0 bridgehead atoms. The summed E-state index contributed by atoms with van der Waals surface area (Å²) in [6, 6.07) is -0.0889. The lowest BCUT2D eigenvalue weighted by Crippen LogP contribution is -2.43. The summed E-state index contributed by atoms with van der Waals surface area (Å²) in [6.45, 7) is 2.20. The minimum Gasteiger partial charge on any atom is -0.383 e. The minimum atomic E-state index is -0.0889. The highest BCUT2D eigenvalue weighted by Crippen LogP contribution is 2.01. The fourth-order valence-electron chi connectivity index (χ4n) is 1.58. The molecule has 102 valence electrons. The number of amides is 1. The summed E-state index contributed by atoms with van der Waals surface area (Å²) in [6.07, 6.45) is 3.06. The quantitative estimate of drug-likeness (QED) is 0.535. The molecule has 0 aliphatic rings. The third-order valence-corrected chi connectivity index (χ3v) is 2.62. The zero-order valence-corrected chi connectivity index (χ0v) is 11.6. The number of rotatable bonds is 10. The van der Waals surface area contributed by atoms with Crippen LogP contribution in [0, 0.1) is 0 Å². The van der Waals surface area contributed by atoms with Gasteiger partial charge in [-0.15, -0.1) is 0 Å². The summed E-state index contributed by atoms with van der Waals surface area (Å²) in [5, 5.41) is 5.90. The van der Waals surface area contributed by atoms with Crippen LogP contribution in [0.5, 0.6) is 0 Å². The minimum absolute atomic E-state index is 0.0643. The van der Waals surface area contributed by atoms with E-state index in [1.807, 2.05) is 7.05 Å². The van der Waals surface area contributed by atoms with Crippen LogP contribution < -0.4 is 10.6 Å². The number of unbranched alkanes of at least 4 members (excludes halogenated alkanes) is 1. The lowest BCUT2D eigenvalue weighted by Gasteiger charge is -2.16. The highest BCUT2D eigenvalue weighted by Gasteiger charge is 2.14. The number of hydrogen-bond donors (Lipinski definition) is 2. The fraction of sp³-hybridized carbons (Fsp3) is 0.917. The monoisotopic (exact) mass is 245 g/mol. The van der Waals surface area contributed by atoms with Crippen molar-refractivity contribution in [1.29, 1.82) is 0 Å². The molecule has 0 aliphatic carbocycles. The van der Waals surface area contributed by atoms with Crippen molar-refractivity contribution in [3.05, 3.63) is 0 Å². The SMILES string of the molecule is CNC(CCCCN(C)C)C(=O)NCCOC. The number of nitrogens with zero attached hydrogens (tertiary/aromatic N) is 1. The van der Waals surface area contributed by atoms with E-state index in [-0.39, 0.29) is 11.9 Å². The zero-order chi connectivity index (χ0) is 13.1. The van der Waals surface area contributed by atoms with Crippen LogP contribution >= 0.6 is 0 Å². The predicted molar refractivity (Wildman–Crippen MR) is 70.1 cm³/mol. The molecule has 5 nitrogen and oxygen atoms in total. The molecule has 0 saturated carbocycles. The zero-order valence-electron chi connectivity index (χ0n) is 11.6. The highest BCUT2D eigenvalue weighted by molar-refractivity contribution is 5.81. The Morgan fingerprint density at radius 2 is 2.06 bits per heavy atom. The van der Waals surface area contributed by atoms with Crippen molar-refractivity contribution in [3.8, 4) is 0 Å². The third kappa shape index (κ3) is 9.09. The topological polar surface area (TPSA) is 53.6 Å². The third-order valence-electron chi connectivity index (χ3n) is 2.62. The largest absolute Gasteiger partial charge is 0.383 e. The van der Waals surface area contributed by atoms with E-state index in [1.54, 1.807) is 7.11 Å². The van der Waals surface area contributed by atoms with Crippen molar-refractivity contribution in [3.63, 3.8) is 0 Å². The molecule has 0 aromatic rings. The van der Waals surface area contributed by atoms with E-state index in [2.05, 4.69) is 29.6 Å². The van der Waals surface area contributed by atoms with Crippen LogP contribution in [-0.2, 0) is 9.53 Å². The standard InChI is InChI=1S/C12H27N3O2/c1-13-11(7-5-6-9-15(2)3)12(16)14-8-10-17-4/h11,13H,5-10H2,1-4H3,(H,14,16). The Balaban J connectivity index is 3.69. The van der Waals surface area contributed by atoms with Crippen LogP contribution in [0.3, 0.4) is 0 Å². The van der Waals surface area contributed by atoms with Gasteiger partial charge in [-0.05, 0) is 40.5 Å². The van der Waals surface area contributed by atoms with Crippen molar-refractivity contribution < 1.29 is 9.53 Å². The van der Waals surface area contributed by atoms with E-state index in [1.165, 1.54) is 0 Å². The van der Waals surface area contributed by atoms with E-state index in [0.717, 1.165) is 25.8 Å². The molecule has 0 aliphatic heterocycles. The number of methoxy groups -OCH3 is 1. The molecular formula is C12H27N3O2. The summed E-state index contributed by atoms with van der Waals surface area (Å²) in [5.74, 6) is 0.0643. The molecule has 0 fully saturated rings. The van der Waals surface area contributed by atoms with Crippen LogP contribution in [0.15, 0.2) is 0 Å². The Morgan fingerprint density at radius 1 is 1.35 bits per heavy atom. The lowest BCUT2D eigenvalue weighted by molar-refractivity contribution is -0.123. The van der Waals surface area contributed by atoms with Crippen molar-refractivity contribution in [2.45, 2.75) is 25.3 Å². The summed E-state index contributed by atoms with van der Waals surface area (Å²) >= 11 is 0. The first kappa shape index (κ1) is 16.4. The van der Waals surface area contributed by atoms with Gasteiger partial charge in [-0.1, -0.05) is 6.42 Å². The first-order valence-electron chi connectivity index (χ1n) is 6.20. The van der Waals surface area contributed by atoms with Crippen LogP contribution in [0.1, 0.15) is 19.3 Å². The molecule has 17 heavy (non-hydrogen) atoms. The Bertz CT molecular complexity index is 198. The molecule has 0 heterocycles. The maximum Gasteiger partial charge on any atom is 0.237 e. The lowest BCUT2D eigenvalue weighted by atomic mass is 10.1. The van der Waals surface area contributed by atoms with Gasteiger partial charge in [0.1, 0.15) is 0 Å². The Labute approximate surface area is 105 Å². The molecule has 0 radical (unpaired) electrons. The number of ether oxygens (including phenoxy) is 1. The van der Waals surface area contributed by atoms with Gasteiger partial charge in [0.15, 0.2) is 0 Å². The second kappa shape index (κ2) is 10.5. The number of carbonyl (C=O) groups excluding carboxylic acids is 1. The Kier molecular flexibility index (Phi) is 10.1.